The van der Waals surface area contributed by atoms with Gasteiger partial charge >= 0.3 is 0 Å². The predicted molar refractivity (Wildman–Crippen MR) is 77.1 cm³/mol. The van der Waals surface area contributed by atoms with E-state index < -0.39 is 0 Å². The van der Waals surface area contributed by atoms with Crippen LogP contribution in [0.25, 0.3) is 0 Å². The molecular weight excluding hydrogens is 322 g/mol. The molecule has 1 fully saturated rings. The third-order valence-corrected chi connectivity index (χ3v) is 3.86. The summed E-state index contributed by atoms with van der Waals surface area (Å²) >= 11 is 3.45. The highest BCUT2D eigenvalue weighted by Crippen LogP contribution is 2.15. The van der Waals surface area contributed by atoms with Crippen LogP contribution in [0.4, 0.5) is 0 Å². The number of nitrogens with zero attached hydrogens (tertiary/aromatic N) is 3. The summed E-state index contributed by atoms with van der Waals surface area (Å²) in [5.74, 6) is 1.31. The van der Waals surface area contributed by atoms with Gasteiger partial charge in [-0.05, 0) is 24.1 Å². The molecule has 1 aromatic heterocycles. The monoisotopic (exact) mass is 337 g/mol. The minimum Gasteiger partial charge on any atom is -0.392 e. The van der Waals surface area contributed by atoms with E-state index in [0.29, 0.717) is 31.2 Å². The summed E-state index contributed by atoms with van der Waals surface area (Å²) in [6, 6.07) is 8.07. The standard InChI is InChI=1S/C14H16BrN3O2/c15-11-3-1-2-10(6-11)7-13-16-14(20-17-13)9-18-5-4-12(19)8-18/h1-3,6,12,19H,4-5,7-9H2/t12-/m0/s1. The first-order chi connectivity index (χ1) is 9.69. The van der Waals surface area contributed by atoms with E-state index in [1.165, 1.54) is 0 Å². The molecule has 1 atom stereocenters. The van der Waals surface area contributed by atoms with Crippen LogP contribution < -0.4 is 0 Å². The van der Waals surface area contributed by atoms with Gasteiger partial charge in [0.05, 0.1) is 12.6 Å². The largest absolute Gasteiger partial charge is 0.392 e. The Morgan fingerprint density at radius 3 is 3.10 bits per heavy atom. The van der Waals surface area contributed by atoms with Crippen molar-refractivity contribution >= 4 is 15.9 Å². The zero-order valence-electron chi connectivity index (χ0n) is 11.0. The summed E-state index contributed by atoms with van der Waals surface area (Å²) in [6.45, 7) is 2.18. The molecule has 1 saturated heterocycles. The van der Waals surface area contributed by atoms with E-state index >= 15 is 0 Å². The van der Waals surface area contributed by atoms with Crippen LogP contribution in [0.2, 0.25) is 0 Å². The van der Waals surface area contributed by atoms with Crippen molar-refractivity contribution in [3.8, 4) is 0 Å². The maximum atomic E-state index is 9.49. The van der Waals surface area contributed by atoms with E-state index in [4.69, 9.17) is 4.52 Å². The summed E-state index contributed by atoms with van der Waals surface area (Å²) in [7, 11) is 0. The molecule has 0 aliphatic carbocycles. The number of hydrogen-bond acceptors (Lipinski definition) is 5. The van der Waals surface area contributed by atoms with Crippen molar-refractivity contribution < 1.29 is 9.63 Å². The quantitative estimate of drug-likeness (QED) is 0.924. The Hall–Kier alpha value is -1.24. The Morgan fingerprint density at radius 1 is 1.45 bits per heavy atom. The van der Waals surface area contributed by atoms with E-state index in [1.807, 2.05) is 24.3 Å². The Kier molecular flexibility index (Phi) is 4.14. The highest BCUT2D eigenvalue weighted by Gasteiger charge is 2.22. The van der Waals surface area contributed by atoms with Gasteiger partial charge in [-0.25, -0.2) is 0 Å². The van der Waals surface area contributed by atoms with Gasteiger partial charge in [0.1, 0.15) is 0 Å². The third kappa shape index (κ3) is 3.45. The third-order valence-electron chi connectivity index (χ3n) is 3.37. The Labute approximate surface area is 125 Å². The second kappa shape index (κ2) is 6.03. The van der Waals surface area contributed by atoms with E-state index in [9.17, 15) is 5.11 Å². The Balaban J connectivity index is 1.62. The Morgan fingerprint density at radius 2 is 2.35 bits per heavy atom. The average Bonchev–Trinajstić information content (AvgIpc) is 3.00. The maximum Gasteiger partial charge on any atom is 0.240 e. The van der Waals surface area contributed by atoms with Crippen molar-refractivity contribution in [3.05, 3.63) is 46.0 Å². The second-order valence-electron chi connectivity index (χ2n) is 5.09. The molecule has 0 amide bonds. The van der Waals surface area contributed by atoms with Crippen molar-refractivity contribution in [2.24, 2.45) is 0 Å². The summed E-state index contributed by atoms with van der Waals surface area (Å²) in [4.78, 5) is 6.53. The molecule has 1 aliphatic rings. The zero-order valence-corrected chi connectivity index (χ0v) is 12.6. The number of aliphatic hydroxyl groups excluding tert-OH is 1. The number of benzene rings is 1. The molecule has 2 heterocycles. The number of hydrogen-bond donors (Lipinski definition) is 1. The molecule has 106 valence electrons. The molecule has 0 bridgehead atoms. The molecular formula is C14H16BrN3O2. The Bertz CT molecular complexity index is 587. The fraction of sp³-hybridized carbons (Fsp3) is 0.429. The van der Waals surface area contributed by atoms with Gasteiger partial charge in [-0.2, -0.15) is 4.98 Å². The minimum atomic E-state index is -0.223. The van der Waals surface area contributed by atoms with Crippen LogP contribution in [0.3, 0.4) is 0 Å². The normalized spacial score (nSPS) is 19.6. The summed E-state index contributed by atoms with van der Waals surface area (Å²) in [5, 5.41) is 13.5. The molecule has 6 heteroatoms. The fourth-order valence-corrected chi connectivity index (χ4v) is 2.85. The molecule has 0 radical (unpaired) electrons. The van der Waals surface area contributed by atoms with Gasteiger partial charge in [-0.1, -0.05) is 33.2 Å². The van der Waals surface area contributed by atoms with Gasteiger partial charge in [-0.3, -0.25) is 4.90 Å². The number of aliphatic hydroxyl groups is 1. The van der Waals surface area contributed by atoms with Crippen LogP contribution in [0, 0.1) is 0 Å². The van der Waals surface area contributed by atoms with E-state index in [1.54, 1.807) is 0 Å². The van der Waals surface area contributed by atoms with Crippen LogP contribution in [-0.4, -0.2) is 39.3 Å². The van der Waals surface area contributed by atoms with Crippen molar-refractivity contribution in [1.82, 2.24) is 15.0 Å². The lowest BCUT2D eigenvalue weighted by atomic mass is 10.1. The van der Waals surface area contributed by atoms with Crippen molar-refractivity contribution in [3.63, 3.8) is 0 Å². The highest BCUT2D eigenvalue weighted by atomic mass is 79.9. The summed E-state index contributed by atoms with van der Waals surface area (Å²) in [5.41, 5.74) is 1.14. The molecule has 0 unspecified atom stereocenters. The molecule has 5 nitrogen and oxygen atoms in total. The van der Waals surface area contributed by atoms with Gasteiger partial charge in [0.2, 0.25) is 5.89 Å². The minimum absolute atomic E-state index is 0.223. The first-order valence-electron chi connectivity index (χ1n) is 6.65. The molecule has 1 N–H and O–H groups in total. The summed E-state index contributed by atoms with van der Waals surface area (Å²) < 4.78 is 6.31. The van der Waals surface area contributed by atoms with Crippen LogP contribution in [0.15, 0.2) is 33.3 Å². The van der Waals surface area contributed by atoms with E-state index in [-0.39, 0.29) is 6.10 Å². The average molecular weight is 338 g/mol. The van der Waals surface area contributed by atoms with Crippen molar-refractivity contribution in [2.45, 2.75) is 25.5 Å². The van der Waals surface area contributed by atoms with Crippen LogP contribution in [-0.2, 0) is 13.0 Å². The van der Waals surface area contributed by atoms with Gasteiger partial charge in [0.15, 0.2) is 5.82 Å². The molecule has 1 aliphatic heterocycles. The first-order valence-corrected chi connectivity index (χ1v) is 7.44. The topological polar surface area (TPSA) is 62.4 Å². The second-order valence-corrected chi connectivity index (χ2v) is 6.00. The molecule has 1 aromatic carbocycles. The fourth-order valence-electron chi connectivity index (χ4n) is 2.40. The lowest BCUT2D eigenvalue weighted by Gasteiger charge is -2.10. The van der Waals surface area contributed by atoms with Crippen molar-refractivity contribution in [1.29, 1.82) is 0 Å². The predicted octanol–water partition coefficient (Wildman–Crippen LogP) is 1.99. The molecule has 2 aromatic rings. The lowest BCUT2D eigenvalue weighted by molar-refractivity contribution is 0.169. The number of aromatic nitrogens is 2. The maximum absolute atomic E-state index is 9.49. The number of rotatable bonds is 4. The van der Waals surface area contributed by atoms with Crippen LogP contribution in [0.5, 0.6) is 0 Å². The number of likely N-dealkylation sites (tertiary alicyclic amines) is 1. The van der Waals surface area contributed by atoms with E-state index in [0.717, 1.165) is 23.0 Å². The van der Waals surface area contributed by atoms with Gasteiger partial charge in [0.25, 0.3) is 0 Å². The van der Waals surface area contributed by atoms with Crippen molar-refractivity contribution in [2.75, 3.05) is 13.1 Å². The van der Waals surface area contributed by atoms with E-state index in [2.05, 4.69) is 31.0 Å². The van der Waals surface area contributed by atoms with Gasteiger partial charge < -0.3 is 9.63 Å². The lowest BCUT2D eigenvalue weighted by Crippen LogP contribution is -2.21. The first kappa shape index (κ1) is 13.7. The molecule has 20 heavy (non-hydrogen) atoms. The molecule has 0 spiro atoms. The molecule has 3 rings (SSSR count). The molecule has 0 saturated carbocycles. The SMILES string of the molecule is O[C@H]1CCN(Cc2nc(Cc3cccc(Br)c3)no2)C1. The summed E-state index contributed by atoms with van der Waals surface area (Å²) in [6.07, 6.45) is 1.25. The smallest absolute Gasteiger partial charge is 0.240 e. The number of β-amino-alcohol motifs (C(OH)–C–C–N with tert-alkyl or cyclic N) is 1. The van der Waals surface area contributed by atoms with Crippen LogP contribution in [0.1, 0.15) is 23.7 Å². The van der Waals surface area contributed by atoms with Crippen LogP contribution >= 0.6 is 15.9 Å². The number of halogens is 1. The highest BCUT2D eigenvalue weighted by molar-refractivity contribution is 9.10. The van der Waals surface area contributed by atoms with Gasteiger partial charge in [-0.15, -0.1) is 0 Å². The zero-order chi connectivity index (χ0) is 13.9. The van der Waals surface area contributed by atoms with Gasteiger partial charge in [0, 0.05) is 24.0 Å².